The molecule has 45 heavy (non-hydrogen) atoms. The third-order valence-electron chi connectivity index (χ3n) is 12.2. The number of benzene rings is 2. The summed E-state index contributed by atoms with van der Waals surface area (Å²) in [4.78, 5) is 0. The van der Waals surface area contributed by atoms with Crippen LogP contribution in [0.3, 0.4) is 0 Å². The lowest BCUT2D eigenvalue weighted by Crippen LogP contribution is -2.13. The Balaban J connectivity index is 0.000000178. The first-order valence-corrected chi connectivity index (χ1v) is 18.9. The van der Waals surface area contributed by atoms with Gasteiger partial charge in [0, 0.05) is 11.4 Å². The second-order valence-electron chi connectivity index (χ2n) is 15.8. The molecule has 246 valence electrons. The Bertz CT molecular complexity index is 1190. The summed E-state index contributed by atoms with van der Waals surface area (Å²) in [5.74, 6) is 6.75. The third-order valence-corrected chi connectivity index (χ3v) is 12.2. The van der Waals surface area contributed by atoms with E-state index in [-0.39, 0.29) is 0 Å². The van der Waals surface area contributed by atoms with Gasteiger partial charge in [-0.15, -0.1) is 0 Å². The second kappa shape index (κ2) is 16.9. The molecule has 2 aromatic rings. The lowest BCUT2D eigenvalue weighted by molar-refractivity contribution is 0.327. The number of allylic oxidation sites excluding steroid dienone is 4. The fraction of sp³-hybridized carbons (Fsp3) is 0.628. The van der Waals surface area contributed by atoms with Crippen molar-refractivity contribution in [2.24, 2.45) is 35.5 Å². The highest BCUT2D eigenvalue weighted by Gasteiger charge is 2.23. The molecule has 0 radical (unpaired) electrons. The quantitative estimate of drug-likeness (QED) is 0.253. The number of hydrogen-bond acceptors (Lipinski definition) is 2. The zero-order valence-electron chi connectivity index (χ0n) is 28.9. The smallest absolute Gasteiger partial charge is 0.0346 e. The van der Waals surface area contributed by atoms with Crippen molar-refractivity contribution in [2.45, 2.75) is 135 Å². The van der Waals surface area contributed by atoms with Gasteiger partial charge in [-0.25, -0.2) is 0 Å². The molecule has 2 heteroatoms. The summed E-state index contributed by atoms with van der Waals surface area (Å²) in [5.41, 5.74) is 17.8. The molecule has 0 atom stereocenters. The van der Waals surface area contributed by atoms with Crippen molar-refractivity contribution >= 4 is 11.4 Å². The predicted molar refractivity (Wildman–Crippen MR) is 196 cm³/mol. The minimum Gasteiger partial charge on any atom is -0.399 e. The summed E-state index contributed by atoms with van der Waals surface area (Å²) >= 11 is 0. The topological polar surface area (TPSA) is 52.0 Å². The number of nitrogens with two attached hydrogens (primary N) is 2. The van der Waals surface area contributed by atoms with Crippen molar-refractivity contribution in [3.8, 4) is 0 Å². The minimum absolute atomic E-state index is 0.720. The first-order chi connectivity index (χ1) is 21.8. The van der Waals surface area contributed by atoms with E-state index in [0.29, 0.717) is 0 Å². The minimum atomic E-state index is 0.720. The maximum atomic E-state index is 6.08. The van der Waals surface area contributed by atoms with Gasteiger partial charge in [0.15, 0.2) is 0 Å². The van der Waals surface area contributed by atoms with Gasteiger partial charge >= 0.3 is 0 Å². The summed E-state index contributed by atoms with van der Waals surface area (Å²) in [6, 6.07) is 15.2. The van der Waals surface area contributed by atoms with E-state index >= 15 is 0 Å². The summed E-state index contributed by atoms with van der Waals surface area (Å²) < 4.78 is 0. The van der Waals surface area contributed by atoms with Crippen molar-refractivity contribution in [1.82, 2.24) is 0 Å². The van der Waals surface area contributed by atoms with Crippen LogP contribution in [0, 0.1) is 42.4 Å². The molecule has 2 nitrogen and oxygen atoms in total. The Labute approximate surface area is 276 Å². The van der Waals surface area contributed by atoms with Crippen molar-refractivity contribution in [2.75, 3.05) is 11.5 Å². The van der Waals surface area contributed by atoms with E-state index in [0.717, 1.165) is 58.7 Å². The monoisotopic (exact) mass is 609 g/mol. The van der Waals surface area contributed by atoms with Crippen molar-refractivity contribution in [1.29, 1.82) is 0 Å². The molecular weight excluding hydrogens is 544 g/mol. The average Bonchev–Trinajstić information content (AvgIpc) is 3.07. The van der Waals surface area contributed by atoms with E-state index in [1.54, 1.807) is 0 Å². The molecule has 4 saturated carbocycles. The number of anilines is 2. The summed E-state index contributed by atoms with van der Waals surface area (Å²) in [6.45, 7) is 6.89. The third kappa shape index (κ3) is 10.5. The second-order valence-corrected chi connectivity index (χ2v) is 15.8. The summed E-state index contributed by atoms with van der Waals surface area (Å²) in [6.07, 6.45) is 32.3. The van der Waals surface area contributed by atoms with Crippen molar-refractivity contribution in [3.05, 3.63) is 83.5 Å². The van der Waals surface area contributed by atoms with Gasteiger partial charge < -0.3 is 11.5 Å². The van der Waals surface area contributed by atoms with Crippen LogP contribution in [0.5, 0.6) is 0 Å². The van der Waals surface area contributed by atoms with E-state index in [4.69, 9.17) is 11.5 Å². The Morgan fingerprint density at radius 1 is 0.467 bits per heavy atom. The van der Waals surface area contributed by atoms with Crippen LogP contribution in [-0.4, -0.2) is 0 Å². The molecule has 0 amide bonds. The van der Waals surface area contributed by atoms with Crippen LogP contribution in [0.1, 0.15) is 145 Å². The van der Waals surface area contributed by atoms with Gasteiger partial charge in [-0.05, 0) is 166 Å². The van der Waals surface area contributed by atoms with Crippen LogP contribution >= 0.6 is 0 Å². The lowest BCUT2D eigenvalue weighted by Gasteiger charge is -2.28. The van der Waals surface area contributed by atoms with E-state index in [1.807, 2.05) is 12.1 Å². The van der Waals surface area contributed by atoms with Crippen LogP contribution in [0.25, 0.3) is 0 Å². The average molecular weight is 609 g/mol. The van der Waals surface area contributed by atoms with E-state index < -0.39 is 0 Å². The van der Waals surface area contributed by atoms with Gasteiger partial charge in [0.1, 0.15) is 0 Å². The molecule has 4 aliphatic rings. The van der Waals surface area contributed by atoms with Crippen LogP contribution < -0.4 is 11.5 Å². The van der Waals surface area contributed by atoms with Crippen LogP contribution in [0.4, 0.5) is 11.4 Å². The Morgan fingerprint density at radius 2 is 0.822 bits per heavy atom. The van der Waals surface area contributed by atoms with Gasteiger partial charge in [-0.1, -0.05) is 88.1 Å². The molecule has 0 spiro atoms. The Kier molecular flexibility index (Phi) is 12.7. The van der Waals surface area contributed by atoms with Crippen molar-refractivity contribution in [3.63, 3.8) is 0 Å². The maximum Gasteiger partial charge on any atom is 0.0346 e. The van der Waals surface area contributed by atoms with Gasteiger partial charge in [0.05, 0.1) is 0 Å². The molecule has 0 aliphatic heterocycles. The molecule has 0 saturated heterocycles. The molecular formula is C43H64N2. The van der Waals surface area contributed by atoms with Crippen molar-refractivity contribution < 1.29 is 0 Å². The maximum absolute atomic E-state index is 6.08. The molecule has 0 bridgehead atoms. The number of hydrogen-bond donors (Lipinski definition) is 2. The first-order valence-electron chi connectivity index (χ1n) is 18.9. The SMILES string of the molecule is CC1CCC(/C=C/C2CCC(c3ccc(N)cc3)CC2)CC1.Cc1ccc(C2CCC(/C=C/C3CCC(C)CC3)CC2)cc1N. The molecule has 4 aliphatic carbocycles. The summed E-state index contributed by atoms with van der Waals surface area (Å²) in [5, 5.41) is 0. The zero-order chi connectivity index (χ0) is 31.6. The zero-order valence-corrected chi connectivity index (χ0v) is 28.9. The van der Waals surface area contributed by atoms with Crippen LogP contribution in [-0.2, 0) is 0 Å². The number of aryl methyl sites for hydroxylation is 1. The molecule has 4 N–H and O–H groups in total. The molecule has 2 aromatic carbocycles. The number of rotatable bonds is 6. The van der Waals surface area contributed by atoms with Crippen LogP contribution in [0.2, 0.25) is 0 Å². The van der Waals surface area contributed by atoms with E-state index in [9.17, 15) is 0 Å². The Hall–Kier alpha value is -2.48. The molecule has 0 heterocycles. The fourth-order valence-corrected chi connectivity index (χ4v) is 8.56. The highest BCUT2D eigenvalue weighted by atomic mass is 14.6. The highest BCUT2D eigenvalue weighted by molar-refractivity contribution is 5.49. The first kappa shape index (κ1) is 33.9. The fourth-order valence-electron chi connectivity index (χ4n) is 8.56. The van der Waals surface area contributed by atoms with Gasteiger partial charge in [-0.2, -0.15) is 0 Å². The largest absolute Gasteiger partial charge is 0.399 e. The predicted octanol–water partition coefficient (Wildman–Crippen LogP) is 12.2. The lowest BCUT2D eigenvalue weighted by atomic mass is 9.77. The van der Waals surface area contributed by atoms with Crippen LogP contribution in [0.15, 0.2) is 66.8 Å². The van der Waals surface area contributed by atoms with Gasteiger partial charge in [0.2, 0.25) is 0 Å². The standard InChI is InChI=1S/C22H33N.C21H31N/c1-16-3-6-18(7-4-16)8-9-19-10-13-20(14-11-19)21-12-5-17(2)22(23)15-21;1-16-2-4-17(5-3-16)6-7-18-8-10-19(11-9-18)20-12-14-21(22)15-13-20/h5,8-9,12,15-16,18-20H,3-4,6-7,10-11,13-14,23H2,1-2H3;6-7,12-19H,2-5,8-11,22H2,1H3/b9-8+;7-6+. The normalized spacial score (nSPS) is 32.7. The molecule has 4 fully saturated rings. The summed E-state index contributed by atoms with van der Waals surface area (Å²) in [7, 11) is 0. The molecule has 0 aromatic heterocycles. The molecule has 6 rings (SSSR count). The highest BCUT2D eigenvalue weighted by Crippen LogP contribution is 2.39. The van der Waals surface area contributed by atoms with Gasteiger partial charge in [-0.3, -0.25) is 0 Å². The van der Waals surface area contributed by atoms with E-state index in [2.05, 4.69) is 75.4 Å². The van der Waals surface area contributed by atoms with E-state index in [1.165, 1.54) is 119 Å². The molecule has 0 unspecified atom stereocenters. The van der Waals surface area contributed by atoms with Gasteiger partial charge in [0.25, 0.3) is 0 Å². The number of nitrogen functional groups attached to an aromatic ring is 2. The Morgan fingerprint density at radius 3 is 1.22 bits per heavy atom.